The average molecular weight is 893 g/mol. The smallest absolute Gasteiger partial charge is 0.412 e. The van der Waals surface area contributed by atoms with Gasteiger partial charge in [-0.15, -0.1) is 0 Å². The Morgan fingerprint density at radius 3 is 2.32 bits per heavy atom. The number of aliphatic hydroxyl groups is 2. The third kappa shape index (κ3) is 16.1. The Labute approximate surface area is 344 Å². The predicted octanol–water partition coefficient (Wildman–Crippen LogP) is -2.56. The molecule has 1 radical (unpaired) electrons. The van der Waals surface area contributed by atoms with Crippen molar-refractivity contribution >= 4 is 104 Å². The van der Waals surface area contributed by atoms with E-state index in [9.17, 15) is 62.7 Å². The number of Topliss-reactive ketones (excluding diaryl/α,β-unsaturated/α-hetero) is 1. The number of thioether (sulfide) groups is 1. The van der Waals surface area contributed by atoms with Gasteiger partial charge in [0.2, 0.25) is 11.8 Å². The number of carbonyl (C=O) groups excluding carboxylic acids is 4. The van der Waals surface area contributed by atoms with E-state index in [1.165, 1.54) is 20.8 Å². The summed E-state index contributed by atoms with van der Waals surface area (Å²) in [5.41, 5.74) is 4.22. The second kappa shape index (κ2) is 22.0. The Morgan fingerprint density at radius 2 is 1.70 bits per heavy atom. The van der Waals surface area contributed by atoms with Crippen LogP contribution in [0, 0.1) is 5.41 Å². The molecular formula is C25H42N7NaO19P3S. The summed E-state index contributed by atoms with van der Waals surface area (Å²) in [6.07, 6.45) is -7.24. The van der Waals surface area contributed by atoms with E-state index in [-0.39, 0.29) is 94.6 Å². The van der Waals surface area contributed by atoms with Crippen LogP contribution in [0.3, 0.4) is 0 Å². The Morgan fingerprint density at radius 1 is 1.05 bits per heavy atom. The minimum atomic E-state index is -5.58. The molecule has 313 valence electrons. The van der Waals surface area contributed by atoms with Crippen LogP contribution in [0.4, 0.5) is 5.82 Å². The number of ketones is 1. The number of rotatable bonds is 21. The second-order valence-corrected chi connectivity index (χ2v) is 17.6. The van der Waals surface area contributed by atoms with Crippen molar-refractivity contribution < 1.29 is 90.8 Å². The van der Waals surface area contributed by atoms with Gasteiger partial charge in [-0.1, -0.05) is 25.6 Å². The van der Waals surface area contributed by atoms with Gasteiger partial charge in [-0.05, 0) is 6.92 Å². The monoisotopic (exact) mass is 892 g/mol. The van der Waals surface area contributed by atoms with Crippen LogP contribution in [0.15, 0.2) is 12.7 Å². The number of hydrogen-bond acceptors (Lipinski definition) is 19. The van der Waals surface area contributed by atoms with Crippen molar-refractivity contribution in [1.29, 1.82) is 0 Å². The SMILES string of the molecule is CC(=O)CC(=O)SCCNC(=O)CCNC(=O)C(O)C(C)(C)COP(=O)(O)OP(=O)(O)OCC1OC(n2cnc3c(N)ncnc32)C(O)C1OP(=O)(O)O.O.[Na]. The number of nitrogens with zero attached hydrogens (tertiary/aromatic N) is 4. The van der Waals surface area contributed by atoms with Crippen LogP contribution in [0.5, 0.6) is 0 Å². The molecular weight excluding hydrogens is 850 g/mol. The minimum absolute atomic E-state index is 0. The standard InChI is InChI=1S/C25H40N7O18P3S.Na.H2O/c1-13(33)8-16(35)54-7-6-27-15(34)4-5-28-23(38)20(37)25(2,3)10-47-53(44,45)50-52(42,43)46-9-14-19(49-51(39,40)41)18(36)24(48-14)32-12-31-17-21(26)29-11-30-22(17)32;;/h11-12,14,18-20,24,36-37H,4-10H2,1-3H3,(H,27,34)(H,28,38)(H,42,43)(H,44,45)(H2,26,29,30)(H2,39,40,41);;1H2. The molecule has 1 aliphatic rings. The van der Waals surface area contributed by atoms with E-state index in [2.05, 4.69) is 34.4 Å². The van der Waals surface area contributed by atoms with Gasteiger partial charge in [0.1, 0.15) is 42.0 Å². The first-order chi connectivity index (χ1) is 24.9. The molecule has 31 heteroatoms. The summed E-state index contributed by atoms with van der Waals surface area (Å²) < 4.78 is 61.9. The van der Waals surface area contributed by atoms with Crippen molar-refractivity contribution in [1.82, 2.24) is 30.2 Å². The van der Waals surface area contributed by atoms with Crippen LogP contribution in [0.2, 0.25) is 0 Å². The quantitative estimate of drug-likeness (QED) is 0.0269. The maximum atomic E-state index is 12.6. The van der Waals surface area contributed by atoms with Gasteiger partial charge in [-0.25, -0.2) is 28.6 Å². The van der Waals surface area contributed by atoms with Crippen molar-refractivity contribution in [3.05, 3.63) is 12.7 Å². The molecule has 3 rings (SSSR count). The number of fused-ring (bicyclic) bond motifs is 1. The summed E-state index contributed by atoms with van der Waals surface area (Å²) >= 11 is 0.878. The fourth-order valence-corrected chi connectivity index (χ4v) is 8.12. The summed E-state index contributed by atoms with van der Waals surface area (Å²) in [5.74, 6) is -1.61. The third-order valence-electron chi connectivity index (χ3n) is 7.16. The van der Waals surface area contributed by atoms with Crippen LogP contribution in [-0.4, -0.2) is 164 Å². The number of nitrogen functional groups attached to an aromatic ring is 1. The molecule has 56 heavy (non-hydrogen) atoms. The van der Waals surface area contributed by atoms with E-state index >= 15 is 0 Å². The van der Waals surface area contributed by atoms with E-state index in [1.54, 1.807) is 0 Å². The summed E-state index contributed by atoms with van der Waals surface area (Å²) in [6, 6.07) is 0. The van der Waals surface area contributed by atoms with Gasteiger partial charge in [0.05, 0.1) is 26.0 Å². The number of amides is 2. The Bertz CT molecular complexity index is 1840. The van der Waals surface area contributed by atoms with E-state index < -0.39 is 84.6 Å². The van der Waals surface area contributed by atoms with Crippen LogP contribution in [0.1, 0.15) is 39.8 Å². The number of carbonyl (C=O) groups is 4. The molecule has 2 aromatic rings. The zero-order valence-corrected chi connectivity index (χ0v) is 35.7. The number of nitrogens with two attached hydrogens (primary N) is 1. The van der Waals surface area contributed by atoms with Gasteiger partial charge in [0.25, 0.3) is 0 Å². The second-order valence-electron chi connectivity index (χ2n) is 12.2. The van der Waals surface area contributed by atoms with E-state index in [1.807, 2.05) is 0 Å². The maximum Gasteiger partial charge on any atom is 0.481 e. The van der Waals surface area contributed by atoms with Crippen LogP contribution < -0.4 is 16.4 Å². The van der Waals surface area contributed by atoms with Crippen molar-refractivity contribution in [2.45, 2.75) is 64.3 Å². The molecule has 1 aliphatic heterocycles. The van der Waals surface area contributed by atoms with E-state index in [0.29, 0.717) is 0 Å². The van der Waals surface area contributed by atoms with E-state index in [4.69, 9.17) is 19.5 Å². The number of hydrogen-bond donors (Lipinski definition) is 9. The molecule has 1 fully saturated rings. The van der Waals surface area contributed by atoms with Gasteiger partial charge in [0, 0.05) is 60.2 Å². The molecule has 0 bridgehead atoms. The Hall–Kier alpha value is -1.81. The van der Waals surface area contributed by atoms with E-state index in [0.717, 1.165) is 29.0 Å². The topological polar surface area (TPSA) is 412 Å². The zero-order valence-electron chi connectivity index (χ0n) is 30.2. The van der Waals surface area contributed by atoms with Gasteiger partial charge >= 0.3 is 23.5 Å². The summed E-state index contributed by atoms with van der Waals surface area (Å²) in [7, 11) is -16.4. The largest absolute Gasteiger partial charge is 0.481 e. The molecule has 2 amide bonds. The Kier molecular flexibility index (Phi) is 20.5. The molecule has 7 atom stereocenters. The number of imidazole rings is 1. The molecule has 2 aromatic heterocycles. The van der Waals surface area contributed by atoms with Gasteiger partial charge < -0.3 is 56.4 Å². The molecule has 3 heterocycles. The molecule has 26 nitrogen and oxygen atoms in total. The average Bonchev–Trinajstić information content (AvgIpc) is 3.60. The first kappa shape index (κ1) is 52.2. The number of aliphatic hydroxyl groups excluding tert-OH is 2. The summed E-state index contributed by atoms with van der Waals surface area (Å²) in [4.78, 5) is 97.7. The van der Waals surface area contributed by atoms with Crippen LogP contribution >= 0.6 is 35.2 Å². The number of phosphoric ester groups is 3. The number of phosphoric acid groups is 3. The Balaban J connectivity index is 0.00000784. The first-order valence-corrected chi connectivity index (χ1v) is 21.0. The zero-order chi connectivity index (χ0) is 40.6. The predicted molar refractivity (Wildman–Crippen MR) is 192 cm³/mol. The molecule has 7 unspecified atom stereocenters. The molecule has 0 aliphatic carbocycles. The molecule has 0 aromatic carbocycles. The number of anilines is 1. The number of ether oxygens (including phenoxy) is 1. The van der Waals surface area contributed by atoms with Crippen molar-refractivity contribution in [2.24, 2.45) is 5.41 Å². The molecule has 0 spiro atoms. The third-order valence-corrected chi connectivity index (χ3v) is 11.1. The molecule has 0 saturated carbocycles. The summed E-state index contributed by atoms with van der Waals surface area (Å²) in [5, 5.41) is 25.8. The minimum Gasteiger partial charge on any atom is -0.412 e. The fourth-order valence-electron chi connectivity index (χ4n) is 4.55. The van der Waals surface area contributed by atoms with Gasteiger partial charge in [-0.2, -0.15) is 4.31 Å². The van der Waals surface area contributed by atoms with Crippen molar-refractivity contribution in [2.75, 3.05) is 37.8 Å². The normalized spacial score (nSPS) is 21.2. The molecule has 12 N–H and O–H groups in total. The number of aromatic nitrogens is 4. The van der Waals surface area contributed by atoms with Crippen molar-refractivity contribution in [3.63, 3.8) is 0 Å². The molecule has 1 saturated heterocycles. The maximum absolute atomic E-state index is 12.6. The first-order valence-electron chi connectivity index (χ1n) is 15.5. The summed E-state index contributed by atoms with van der Waals surface area (Å²) in [6.45, 7) is 1.58. The van der Waals surface area contributed by atoms with Crippen molar-refractivity contribution in [3.8, 4) is 0 Å². The van der Waals surface area contributed by atoms with Crippen LogP contribution in [0.25, 0.3) is 11.2 Å². The van der Waals surface area contributed by atoms with Gasteiger partial charge in [0.15, 0.2) is 22.8 Å². The number of nitrogens with one attached hydrogen (secondary N) is 2. The van der Waals surface area contributed by atoms with Crippen LogP contribution in [-0.2, 0) is 55.5 Å². The fraction of sp³-hybridized carbons (Fsp3) is 0.640. The van der Waals surface area contributed by atoms with Gasteiger partial charge in [-0.3, -0.25) is 37.3 Å².